The van der Waals surface area contributed by atoms with Gasteiger partial charge in [0.1, 0.15) is 11.6 Å². The van der Waals surface area contributed by atoms with Crippen molar-refractivity contribution in [2.24, 2.45) is 0 Å². The Hall–Kier alpha value is -1.69. The zero-order valence-corrected chi connectivity index (χ0v) is 12.7. The third kappa shape index (κ3) is 3.50. The molecule has 1 saturated heterocycles. The quantitative estimate of drug-likeness (QED) is 0.905. The Morgan fingerprint density at radius 1 is 1.62 bits per heavy atom. The molecule has 2 rings (SSSR count). The van der Waals surface area contributed by atoms with E-state index < -0.39 is 5.82 Å². The molecule has 1 N–H and O–H groups in total. The molecule has 0 spiro atoms. The van der Waals surface area contributed by atoms with Crippen molar-refractivity contribution in [2.45, 2.75) is 38.8 Å². The minimum atomic E-state index is -0.510. The largest absolute Gasteiger partial charge is 0.376 e. The maximum Gasteiger partial charge on any atom is 0.257 e. The van der Waals surface area contributed by atoms with Crippen LogP contribution in [0.1, 0.15) is 37.0 Å². The summed E-state index contributed by atoms with van der Waals surface area (Å²) in [5.74, 6) is -0.311. The van der Waals surface area contributed by atoms with Gasteiger partial charge in [0.05, 0.1) is 23.9 Å². The molecule has 0 bridgehead atoms. The molecule has 1 aliphatic rings. The van der Waals surface area contributed by atoms with Crippen LogP contribution in [0.4, 0.5) is 10.2 Å². The van der Waals surface area contributed by atoms with Crippen LogP contribution in [0.3, 0.4) is 0 Å². The van der Waals surface area contributed by atoms with Crippen molar-refractivity contribution < 1.29 is 13.9 Å². The molecule has 5 nitrogen and oxygen atoms in total. The summed E-state index contributed by atoms with van der Waals surface area (Å²) in [5, 5.41) is 3.07. The van der Waals surface area contributed by atoms with Gasteiger partial charge in [-0.3, -0.25) is 4.79 Å². The van der Waals surface area contributed by atoms with Gasteiger partial charge in [0, 0.05) is 20.2 Å². The number of nitrogens with zero attached hydrogens (tertiary/aromatic N) is 2. The molecular formula is C15H22FN3O2. The van der Waals surface area contributed by atoms with Crippen molar-refractivity contribution in [3.05, 3.63) is 23.6 Å². The lowest BCUT2D eigenvalue weighted by Crippen LogP contribution is -2.41. The van der Waals surface area contributed by atoms with Crippen LogP contribution >= 0.6 is 0 Å². The summed E-state index contributed by atoms with van der Waals surface area (Å²) in [6, 6.07) is 1.25. The van der Waals surface area contributed by atoms with E-state index in [0.29, 0.717) is 19.0 Å². The first kappa shape index (κ1) is 15.7. The number of carbonyl (C=O) groups is 1. The van der Waals surface area contributed by atoms with Crippen molar-refractivity contribution in [3.8, 4) is 0 Å². The van der Waals surface area contributed by atoms with Crippen molar-refractivity contribution in [2.75, 3.05) is 25.5 Å². The van der Waals surface area contributed by atoms with Crippen LogP contribution in [-0.4, -0.2) is 48.1 Å². The number of anilines is 1. The Bertz CT molecular complexity index is 510. The number of carbonyl (C=O) groups excluding carboxylic acids is 1. The number of pyridine rings is 1. The highest BCUT2D eigenvalue weighted by molar-refractivity contribution is 5.98. The number of rotatable bonds is 5. The molecule has 2 unspecified atom stereocenters. The lowest BCUT2D eigenvalue weighted by atomic mass is 10.1. The highest BCUT2D eigenvalue weighted by atomic mass is 19.1. The number of ether oxygens (including phenoxy) is 1. The lowest BCUT2D eigenvalue weighted by Gasteiger charge is -2.27. The van der Waals surface area contributed by atoms with E-state index in [4.69, 9.17) is 4.74 Å². The van der Waals surface area contributed by atoms with E-state index in [9.17, 15) is 9.18 Å². The fourth-order valence-electron chi connectivity index (χ4n) is 2.56. The smallest absolute Gasteiger partial charge is 0.257 e. The Kier molecular flexibility index (Phi) is 5.12. The second kappa shape index (κ2) is 6.85. The monoisotopic (exact) mass is 295 g/mol. The van der Waals surface area contributed by atoms with Gasteiger partial charge in [-0.2, -0.15) is 0 Å². The summed E-state index contributed by atoms with van der Waals surface area (Å²) in [4.78, 5) is 18.3. The van der Waals surface area contributed by atoms with E-state index in [1.165, 1.54) is 6.07 Å². The fraction of sp³-hybridized carbons (Fsp3) is 0.600. The minimum Gasteiger partial charge on any atom is -0.376 e. The molecule has 116 valence electrons. The molecule has 0 radical (unpaired) electrons. The first-order valence-electron chi connectivity index (χ1n) is 7.32. The van der Waals surface area contributed by atoms with Gasteiger partial charge >= 0.3 is 0 Å². The van der Waals surface area contributed by atoms with Crippen LogP contribution in [-0.2, 0) is 4.74 Å². The van der Waals surface area contributed by atoms with E-state index in [1.54, 1.807) is 11.9 Å². The van der Waals surface area contributed by atoms with Gasteiger partial charge in [-0.15, -0.1) is 0 Å². The predicted molar refractivity (Wildman–Crippen MR) is 78.9 cm³/mol. The van der Waals surface area contributed by atoms with Gasteiger partial charge in [-0.05, 0) is 25.8 Å². The molecular weight excluding hydrogens is 273 g/mol. The van der Waals surface area contributed by atoms with Gasteiger partial charge in [-0.25, -0.2) is 9.37 Å². The van der Waals surface area contributed by atoms with Crippen molar-refractivity contribution in [1.82, 2.24) is 9.88 Å². The molecule has 2 atom stereocenters. The number of nitrogens with one attached hydrogen (secondary N) is 1. The number of hydrogen-bond donors (Lipinski definition) is 1. The van der Waals surface area contributed by atoms with E-state index >= 15 is 0 Å². The summed E-state index contributed by atoms with van der Waals surface area (Å²) >= 11 is 0. The second-order valence-electron chi connectivity index (χ2n) is 5.32. The molecule has 1 amide bonds. The molecule has 2 heterocycles. The number of halogens is 1. The third-order valence-corrected chi connectivity index (χ3v) is 3.78. The van der Waals surface area contributed by atoms with Gasteiger partial charge in [0.2, 0.25) is 0 Å². The van der Waals surface area contributed by atoms with Crippen LogP contribution < -0.4 is 5.32 Å². The molecule has 0 saturated carbocycles. The van der Waals surface area contributed by atoms with Crippen LogP contribution in [0.15, 0.2) is 12.3 Å². The first-order chi connectivity index (χ1) is 10.0. The number of amides is 1. The molecule has 0 aromatic carbocycles. The van der Waals surface area contributed by atoms with E-state index in [1.807, 2.05) is 13.8 Å². The van der Waals surface area contributed by atoms with E-state index in [0.717, 1.165) is 19.0 Å². The maximum absolute atomic E-state index is 13.5. The van der Waals surface area contributed by atoms with Gasteiger partial charge in [0.15, 0.2) is 0 Å². The zero-order valence-electron chi connectivity index (χ0n) is 12.7. The first-order valence-corrected chi connectivity index (χ1v) is 7.32. The number of hydrogen-bond acceptors (Lipinski definition) is 4. The Morgan fingerprint density at radius 2 is 2.38 bits per heavy atom. The second-order valence-corrected chi connectivity index (χ2v) is 5.32. The normalized spacial score (nSPS) is 21.3. The molecule has 1 aliphatic heterocycles. The van der Waals surface area contributed by atoms with E-state index in [-0.39, 0.29) is 23.6 Å². The van der Waals surface area contributed by atoms with Crippen molar-refractivity contribution in [3.63, 3.8) is 0 Å². The van der Waals surface area contributed by atoms with Gasteiger partial charge in [-0.1, -0.05) is 6.92 Å². The molecule has 0 aliphatic carbocycles. The summed E-state index contributed by atoms with van der Waals surface area (Å²) in [5.41, 5.74) is 0.269. The summed E-state index contributed by atoms with van der Waals surface area (Å²) in [6.07, 6.45) is 2.81. The Labute approximate surface area is 124 Å². The summed E-state index contributed by atoms with van der Waals surface area (Å²) in [6.45, 7) is 5.29. The van der Waals surface area contributed by atoms with Crippen molar-refractivity contribution in [1.29, 1.82) is 0 Å². The SMILES string of the molecule is CCCNc1ncc(F)cc1C(=O)N(C)C1CCOC1C. The zero-order chi connectivity index (χ0) is 15.4. The third-order valence-electron chi connectivity index (χ3n) is 3.78. The highest BCUT2D eigenvalue weighted by Crippen LogP contribution is 2.22. The molecule has 1 aromatic rings. The maximum atomic E-state index is 13.5. The Morgan fingerprint density at radius 3 is 3.00 bits per heavy atom. The summed E-state index contributed by atoms with van der Waals surface area (Å²) in [7, 11) is 1.73. The van der Waals surface area contributed by atoms with Crippen LogP contribution in [0, 0.1) is 5.82 Å². The van der Waals surface area contributed by atoms with Crippen LogP contribution in [0.5, 0.6) is 0 Å². The lowest BCUT2D eigenvalue weighted by molar-refractivity contribution is 0.0574. The molecule has 6 heteroatoms. The predicted octanol–water partition coefficient (Wildman–Crippen LogP) is 2.29. The average Bonchev–Trinajstić information content (AvgIpc) is 2.90. The number of likely N-dealkylation sites (N-methyl/N-ethyl adjacent to an activating group) is 1. The van der Waals surface area contributed by atoms with Crippen LogP contribution in [0.2, 0.25) is 0 Å². The fourth-order valence-corrected chi connectivity index (χ4v) is 2.56. The van der Waals surface area contributed by atoms with Crippen molar-refractivity contribution >= 4 is 11.7 Å². The molecule has 1 fully saturated rings. The number of aromatic nitrogens is 1. The minimum absolute atomic E-state index is 0.00693. The Balaban J connectivity index is 2.22. The molecule has 21 heavy (non-hydrogen) atoms. The van der Waals surface area contributed by atoms with Gasteiger partial charge < -0.3 is 15.0 Å². The van der Waals surface area contributed by atoms with Gasteiger partial charge in [0.25, 0.3) is 5.91 Å². The van der Waals surface area contributed by atoms with Crippen LogP contribution in [0.25, 0.3) is 0 Å². The summed E-state index contributed by atoms with van der Waals surface area (Å²) < 4.78 is 19.0. The average molecular weight is 295 g/mol. The topological polar surface area (TPSA) is 54.5 Å². The molecule has 1 aromatic heterocycles. The van der Waals surface area contributed by atoms with E-state index in [2.05, 4.69) is 10.3 Å². The standard InChI is InChI=1S/C15H22FN3O2/c1-4-6-17-14-12(8-11(16)9-18-14)15(20)19(3)13-5-7-21-10(13)2/h8-10,13H,4-7H2,1-3H3,(H,17,18). The highest BCUT2D eigenvalue weighted by Gasteiger charge is 2.32.